The first kappa shape index (κ1) is 27.3. The van der Waals surface area contributed by atoms with Gasteiger partial charge in [-0.25, -0.2) is 14.0 Å². The monoisotopic (exact) mass is 502 g/mol. The van der Waals surface area contributed by atoms with Crippen molar-refractivity contribution in [3.05, 3.63) is 35.8 Å². The molecule has 196 valence electrons. The number of nitrogens with one attached hydrogen (secondary N) is 1. The number of aldehydes is 1. The Bertz CT molecular complexity index is 1160. The molecule has 2 N–H and O–H groups in total. The largest absolute Gasteiger partial charge is 0.444 e. The van der Waals surface area contributed by atoms with Crippen LogP contribution >= 0.6 is 0 Å². The number of anilines is 1. The Morgan fingerprint density at radius 1 is 1.33 bits per heavy atom. The molecule has 1 unspecified atom stereocenters. The van der Waals surface area contributed by atoms with E-state index >= 15 is 4.39 Å². The molecular formula is C26H35FN4O5. The lowest BCUT2D eigenvalue weighted by Crippen LogP contribution is -2.57. The first-order valence-electron chi connectivity index (χ1n) is 12.0. The smallest absolute Gasteiger partial charge is 0.410 e. The lowest BCUT2D eigenvalue weighted by Gasteiger charge is -2.50. The van der Waals surface area contributed by atoms with Crippen LogP contribution in [0.2, 0.25) is 0 Å². The maximum Gasteiger partial charge on any atom is 0.410 e. The molecule has 0 aliphatic carbocycles. The number of urea groups is 1. The van der Waals surface area contributed by atoms with Crippen LogP contribution in [0, 0.1) is 11.2 Å². The maximum atomic E-state index is 16.0. The minimum absolute atomic E-state index is 0.0992. The molecule has 1 atom stereocenters. The van der Waals surface area contributed by atoms with Gasteiger partial charge in [0.1, 0.15) is 23.3 Å². The number of hydrogen-bond acceptors (Lipinski definition) is 6. The molecule has 1 aliphatic rings. The molecule has 3 amide bonds. The number of likely N-dealkylation sites (tertiary alicyclic amines) is 1. The van der Waals surface area contributed by atoms with Gasteiger partial charge in [0.25, 0.3) is 0 Å². The van der Waals surface area contributed by atoms with E-state index in [0.29, 0.717) is 17.5 Å². The van der Waals surface area contributed by atoms with Crippen molar-refractivity contribution in [1.29, 1.82) is 0 Å². The molecule has 2 aromatic rings. The number of carbonyl (C=O) groups excluding carboxylic acids is 3. The molecule has 1 saturated heterocycles. The molecule has 1 aromatic heterocycles. The maximum absolute atomic E-state index is 16.0. The number of nitrogens with zero attached hydrogens (tertiary/aromatic N) is 3. The van der Waals surface area contributed by atoms with Crippen LogP contribution in [-0.4, -0.2) is 65.7 Å². The van der Waals surface area contributed by atoms with Crippen molar-refractivity contribution in [2.75, 3.05) is 31.6 Å². The number of halogens is 1. The van der Waals surface area contributed by atoms with Crippen molar-refractivity contribution in [1.82, 2.24) is 15.2 Å². The van der Waals surface area contributed by atoms with Gasteiger partial charge in [-0.15, -0.1) is 0 Å². The number of hydrogen-bond donors (Lipinski definition) is 2. The van der Waals surface area contributed by atoms with Crippen LogP contribution in [-0.2, 0) is 15.1 Å². The van der Waals surface area contributed by atoms with Crippen molar-refractivity contribution in [3.63, 3.8) is 0 Å². The Balaban J connectivity index is 2.00. The topological polar surface area (TPSA) is 112 Å². The Hall–Kier alpha value is -3.27. The van der Waals surface area contributed by atoms with Crippen LogP contribution < -0.4 is 10.2 Å². The van der Waals surface area contributed by atoms with E-state index in [1.165, 1.54) is 35.2 Å². The fraction of sp³-hybridized carbons (Fsp3) is 0.538. The number of rotatable bonds is 5. The van der Waals surface area contributed by atoms with E-state index in [9.17, 15) is 19.5 Å². The van der Waals surface area contributed by atoms with Crippen LogP contribution in [0.25, 0.3) is 10.9 Å². The summed E-state index contributed by atoms with van der Waals surface area (Å²) < 4.78 is 21.5. The molecular weight excluding hydrogens is 467 g/mol. The molecule has 1 fully saturated rings. The molecule has 3 rings (SSSR count). The highest BCUT2D eigenvalue weighted by atomic mass is 19.1. The molecule has 0 spiro atoms. The number of carbonyl (C=O) groups is 3. The van der Waals surface area contributed by atoms with E-state index in [1.807, 2.05) is 0 Å². The Kier molecular flexibility index (Phi) is 7.59. The van der Waals surface area contributed by atoms with E-state index in [1.54, 1.807) is 40.7 Å². The fourth-order valence-corrected chi connectivity index (χ4v) is 4.59. The zero-order chi connectivity index (χ0) is 26.9. The Morgan fingerprint density at radius 3 is 2.61 bits per heavy atom. The summed E-state index contributed by atoms with van der Waals surface area (Å²) in [4.78, 5) is 43.0. The van der Waals surface area contributed by atoms with Crippen molar-refractivity contribution in [3.8, 4) is 0 Å². The lowest BCUT2D eigenvalue weighted by molar-refractivity contribution is -0.125. The van der Waals surface area contributed by atoms with Gasteiger partial charge >= 0.3 is 12.1 Å². The third-order valence-corrected chi connectivity index (χ3v) is 6.57. The average molecular weight is 503 g/mol. The van der Waals surface area contributed by atoms with E-state index in [0.717, 1.165) is 0 Å². The van der Waals surface area contributed by atoms with Crippen molar-refractivity contribution < 1.29 is 28.6 Å². The van der Waals surface area contributed by atoms with E-state index < -0.39 is 34.6 Å². The molecule has 0 radical (unpaired) electrons. The predicted octanol–water partition coefficient (Wildman–Crippen LogP) is 3.96. The van der Waals surface area contributed by atoms with Gasteiger partial charge in [-0.1, -0.05) is 19.9 Å². The minimum atomic E-state index is -1.57. The summed E-state index contributed by atoms with van der Waals surface area (Å²) in [5.74, 6) is -0.643. The molecule has 36 heavy (non-hydrogen) atoms. The molecule has 1 aliphatic heterocycles. The number of ether oxygens (including phenoxy) is 1. The predicted molar refractivity (Wildman–Crippen MR) is 134 cm³/mol. The minimum Gasteiger partial charge on any atom is -0.444 e. The van der Waals surface area contributed by atoms with Gasteiger partial charge in [0.2, 0.25) is 0 Å². The normalized spacial score (nSPS) is 19.6. The first-order valence-corrected chi connectivity index (χ1v) is 12.0. The highest BCUT2D eigenvalue weighted by Gasteiger charge is 2.51. The summed E-state index contributed by atoms with van der Waals surface area (Å²) in [5.41, 5.74) is -2.34. The summed E-state index contributed by atoms with van der Waals surface area (Å²) in [6.07, 6.45) is 1.88. The standard InChI is InChI=1S/C26H35FN4O5/c1-24(2,3)36-23(34)30-12-10-26(35,25(4,5)16-30)19-8-9-20-18(21(19)27)14-17(15-29-20)31(11-7-13-32)22(33)28-6/h8-9,13-15,35H,7,10-12,16H2,1-6H3,(H,28,33). The Labute approximate surface area is 210 Å². The summed E-state index contributed by atoms with van der Waals surface area (Å²) in [7, 11) is 1.46. The van der Waals surface area contributed by atoms with Crippen LogP contribution in [0.15, 0.2) is 24.4 Å². The molecule has 10 heteroatoms. The third-order valence-electron chi connectivity index (χ3n) is 6.57. The molecule has 0 saturated carbocycles. The lowest BCUT2D eigenvalue weighted by atomic mass is 9.66. The average Bonchev–Trinajstić information content (AvgIpc) is 2.80. The van der Waals surface area contributed by atoms with Gasteiger partial charge in [-0.05, 0) is 39.3 Å². The number of aromatic nitrogens is 1. The van der Waals surface area contributed by atoms with Crippen molar-refractivity contribution in [2.45, 2.75) is 58.7 Å². The zero-order valence-electron chi connectivity index (χ0n) is 21.7. The highest BCUT2D eigenvalue weighted by molar-refractivity contribution is 5.94. The second-order valence-electron chi connectivity index (χ2n) is 10.7. The number of fused-ring (bicyclic) bond motifs is 1. The van der Waals surface area contributed by atoms with Crippen molar-refractivity contribution >= 4 is 35.0 Å². The summed E-state index contributed by atoms with van der Waals surface area (Å²) in [6.45, 7) is 9.40. The van der Waals surface area contributed by atoms with E-state index in [4.69, 9.17) is 4.74 Å². The summed E-state index contributed by atoms with van der Waals surface area (Å²) in [5, 5.41) is 14.5. The van der Waals surface area contributed by atoms with Gasteiger partial charge in [-0.3, -0.25) is 9.88 Å². The third kappa shape index (κ3) is 5.28. The second-order valence-corrected chi connectivity index (χ2v) is 10.7. The summed E-state index contributed by atoms with van der Waals surface area (Å²) in [6, 6.07) is 4.19. The number of amides is 3. The van der Waals surface area contributed by atoms with Gasteiger partial charge in [0.15, 0.2) is 0 Å². The number of aliphatic hydroxyl groups is 1. The van der Waals surface area contributed by atoms with Gasteiger partial charge in [0.05, 0.1) is 17.4 Å². The fourth-order valence-electron chi connectivity index (χ4n) is 4.59. The van der Waals surface area contributed by atoms with Crippen molar-refractivity contribution in [2.24, 2.45) is 5.41 Å². The van der Waals surface area contributed by atoms with Crippen LogP contribution in [0.1, 0.15) is 53.0 Å². The number of pyridine rings is 1. The second kappa shape index (κ2) is 10.0. The van der Waals surface area contributed by atoms with Gasteiger partial charge in [0, 0.05) is 49.5 Å². The van der Waals surface area contributed by atoms with Crippen LogP contribution in [0.4, 0.5) is 19.7 Å². The zero-order valence-corrected chi connectivity index (χ0v) is 21.7. The quantitative estimate of drug-likeness (QED) is 0.599. The SMILES string of the molecule is CNC(=O)N(CCC=O)c1cnc2ccc(C3(O)CCN(C(=O)OC(C)(C)C)CC3(C)C)c(F)c2c1. The highest BCUT2D eigenvalue weighted by Crippen LogP contribution is 2.48. The van der Waals surface area contributed by atoms with Gasteiger partial charge < -0.3 is 24.9 Å². The number of benzene rings is 1. The van der Waals surface area contributed by atoms with E-state index in [-0.39, 0.29) is 43.4 Å². The molecule has 0 bridgehead atoms. The molecule has 9 nitrogen and oxygen atoms in total. The number of piperidine rings is 1. The summed E-state index contributed by atoms with van der Waals surface area (Å²) >= 11 is 0. The van der Waals surface area contributed by atoms with E-state index in [2.05, 4.69) is 10.3 Å². The molecule has 1 aromatic carbocycles. The molecule has 2 heterocycles. The van der Waals surface area contributed by atoms with Gasteiger partial charge in [-0.2, -0.15) is 0 Å². The Morgan fingerprint density at radius 2 is 2.03 bits per heavy atom. The van der Waals surface area contributed by atoms with Crippen LogP contribution in [0.5, 0.6) is 0 Å². The van der Waals surface area contributed by atoms with Crippen LogP contribution in [0.3, 0.4) is 0 Å². The first-order chi connectivity index (χ1) is 16.7.